The number of nitrogens with one attached hydrogen (secondary N) is 4. The van der Waals surface area contributed by atoms with Gasteiger partial charge in [0.25, 0.3) is 0 Å². The van der Waals surface area contributed by atoms with E-state index in [4.69, 9.17) is 0 Å². The average Bonchev–Trinajstić information content (AvgIpc) is 3.00. The average molecular weight is 1220 g/mol. The summed E-state index contributed by atoms with van der Waals surface area (Å²) < 4.78 is 0. The van der Waals surface area contributed by atoms with Gasteiger partial charge in [-0.2, -0.15) is 0 Å². The summed E-state index contributed by atoms with van der Waals surface area (Å²) in [5, 5.41) is 147. The fourth-order valence-corrected chi connectivity index (χ4v) is 5.93. The summed E-state index contributed by atoms with van der Waals surface area (Å²) in [5.41, 5.74) is 0. The number of rotatable bonds is 20. The number of carbonyl (C=O) groups is 4. The first-order chi connectivity index (χ1) is 22.6. The van der Waals surface area contributed by atoms with E-state index in [0.717, 1.165) is 0 Å². The Morgan fingerprint density at radius 2 is 0.765 bits per heavy atom. The van der Waals surface area contributed by atoms with Crippen LogP contribution in [-0.2, 0) is 96.7 Å². The van der Waals surface area contributed by atoms with Crippen LogP contribution in [0.2, 0.25) is 0 Å². The molecule has 0 bridgehead atoms. The third kappa shape index (κ3) is 18.9. The minimum Gasteiger partial charge on any atom is -0.854 e. The molecule has 0 spiro atoms. The monoisotopic (exact) mass is 1230 g/mol. The van der Waals surface area contributed by atoms with E-state index in [1.165, 1.54) is 0 Å². The number of unbranched alkanes of at least 4 members (excludes halogenated alkanes) is 1. The molecular formula is C28H40Hf3N4O16. The first-order valence-corrected chi connectivity index (χ1v) is 15.4. The summed E-state index contributed by atoms with van der Waals surface area (Å²) >= 11 is 0. The van der Waals surface area contributed by atoms with Crippen LogP contribution < -0.4 is 82.5 Å². The molecule has 0 radical (unpaired) electrons. The molecule has 12 atom stereocenters. The zero-order chi connectivity index (χ0) is 36.6. The predicted molar refractivity (Wildman–Crippen MR) is 134 cm³/mol. The molecule has 2 saturated carbocycles. The first-order valence-electron chi connectivity index (χ1n) is 15.4. The third-order valence-corrected chi connectivity index (χ3v) is 8.28. The van der Waals surface area contributed by atoms with Crippen LogP contribution in [0.25, 0.3) is 0 Å². The van der Waals surface area contributed by atoms with E-state index in [1.807, 2.05) is 0 Å². The number of hydrogen-bond donors (Lipinski definition) is 4. The van der Waals surface area contributed by atoms with Gasteiger partial charge in [0.05, 0.1) is 17.9 Å². The van der Waals surface area contributed by atoms with Crippen molar-refractivity contribution in [1.29, 1.82) is 0 Å². The molecule has 0 amide bonds. The van der Waals surface area contributed by atoms with E-state index in [-0.39, 0.29) is 116 Å². The smallest absolute Gasteiger partial charge is 0.854 e. The van der Waals surface area contributed by atoms with Crippen LogP contribution in [0.5, 0.6) is 0 Å². The van der Waals surface area contributed by atoms with Gasteiger partial charge in [-0.15, -0.1) is 37.6 Å². The molecule has 51 heavy (non-hydrogen) atoms. The Kier molecular flexibility index (Phi) is 31.8. The van der Waals surface area contributed by atoms with Crippen molar-refractivity contribution < 1.29 is 158 Å². The van der Waals surface area contributed by atoms with Crippen molar-refractivity contribution in [2.24, 2.45) is 11.8 Å². The maximum atomic E-state index is 12.4. The van der Waals surface area contributed by atoms with E-state index < -0.39 is 129 Å². The normalized spacial score (nSPS) is 31.4. The molecule has 0 aromatic rings. The maximum Gasteiger partial charge on any atom is 4.00 e. The van der Waals surface area contributed by atoms with E-state index in [1.54, 1.807) is 0 Å². The Balaban J connectivity index is -0.000000853. The fourth-order valence-electron chi connectivity index (χ4n) is 5.93. The molecule has 0 saturated heterocycles. The molecule has 4 N–H and O–H groups in total. The number of carboxylic acid groups (broad SMARTS) is 4. The SMILES string of the molecule is O=C([O-])CC[C@H]1[C@@H]([O-])[C@@H](NCC(=O)[O-])[C@@H]([O-])[C@@H](NCCC[O-])[C@H]1[O-].O=C([O-])CN[C@@H]1C([O-])[C@H](NCC(=O)[O-])[C@H]([O-])C(CCCC[O-])[C@@H]1[O-].[Hf+4].[Hf+4].[Hf+4]. The maximum absolute atomic E-state index is 12.4. The molecule has 20 nitrogen and oxygen atoms in total. The van der Waals surface area contributed by atoms with Crippen molar-refractivity contribution in [3.8, 4) is 0 Å². The largest absolute Gasteiger partial charge is 4.00 e. The van der Waals surface area contributed by atoms with Gasteiger partial charge in [0.15, 0.2) is 0 Å². The number of carbonyl (C=O) groups excluding carboxylic acids is 4. The molecular weight excluding hydrogens is 1180 g/mol. The summed E-state index contributed by atoms with van der Waals surface area (Å²) in [6.45, 7) is -2.85. The van der Waals surface area contributed by atoms with Crippen molar-refractivity contribution >= 4 is 23.9 Å². The molecule has 0 aromatic carbocycles. The second-order valence-corrected chi connectivity index (χ2v) is 11.6. The van der Waals surface area contributed by atoms with Gasteiger partial charge in [0.1, 0.15) is 0 Å². The standard InChI is InChI=1S/2C14H22N2O8.3Hf/c17-5-1-4-15-10-12(22)7(2-3-8(18)19)13(23)11(14(10)24)16-6-9(20)21;17-4-2-1-3-7-12(22)10(15-5-8(18)19)14(24)11(13(7)23)16-6-9(20)21;;;/h2*7,10-16H,1-6H2,(H,18,19)(H,20,21);;;/q2*-4;3*+4/p-4/t7-,10+,11-,12+,13-,14+;7?,10-,11+,12-,13+,14?;;;/m1..../s1. The van der Waals surface area contributed by atoms with Crippen LogP contribution in [0.15, 0.2) is 0 Å². The number of carboxylic acids is 4. The molecule has 2 rings (SSSR count). The van der Waals surface area contributed by atoms with Gasteiger partial charge in [-0.25, -0.2) is 0 Å². The molecule has 280 valence electrons. The van der Waals surface area contributed by atoms with Crippen molar-refractivity contribution in [3.05, 3.63) is 0 Å². The van der Waals surface area contributed by atoms with E-state index in [0.29, 0.717) is 6.42 Å². The summed E-state index contributed by atoms with van der Waals surface area (Å²) in [7, 11) is 0. The Hall–Kier alpha value is 0.0104. The minimum absolute atomic E-state index is 0. The van der Waals surface area contributed by atoms with Crippen molar-refractivity contribution in [3.63, 3.8) is 0 Å². The van der Waals surface area contributed by atoms with Gasteiger partial charge in [-0.1, -0.05) is 49.7 Å². The van der Waals surface area contributed by atoms with E-state index in [2.05, 4.69) is 21.3 Å². The van der Waals surface area contributed by atoms with Crippen molar-refractivity contribution in [1.82, 2.24) is 21.3 Å². The summed E-state index contributed by atoms with van der Waals surface area (Å²) in [4.78, 5) is 42.2. The van der Waals surface area contributed by atoms with Crippen LogP contribution in [0.3, 0.4) is 0 Å². The van der Waals surface area contributed by atoms with Crippen molar-refractivity contribution in [2.75, 3.05) is 39.4 Å². The van der Waals surface area contributed by atoms with E-state index in [9.17, 15) is 80.5 Å². The molecule has 0 aliphatic heterocycles. The van der Waals surface area contributed by atoms with Crippen LogP contribution in [-0.4, -0.2) is 124 Å². The first kappa shape index (κ1) is 55.3. The molecule has 2 unspecified atom stereocenters. The van der Waals surface area contributed by atoms with Crippen LogP contribution in [0.4, 0.5) is 0 Å². The molecule has 23 heteroatoms. The Bertz CT molecular complexity index is 872. The summed E-state index contributed by atoms with van der Waals surface area (Å²) in [5.74, 6) is -8.17. The van der Waals surface area contributed by atoms with Gasteiger partial charge in [0.2, 0.25) is 0 Å². The Morgan fingerprint density at radius 3 is 1.08 bits per heavy atom. The van der Waals surface area contributed by atoms with Crippen LogP contribution >= 0.6 is 0 Å². The van der Waals surface area contributed by atoms with Gasteiger partial charge in [0, 0.05) is 25.6 Å². The molecule has 2 aliphatic carbocycles. The molecule has 2 fully saturated rings. The van der Waals surface area contributed by atoms with E-state index >= 15 is 0 Å². The fraction of sp³-hybridized carbons (Fsp3) is 0.857. The molecule has 2 aliphatic rings. The van der Waals surface area contributed by atoms with Gasteiger partial charge < -0.3 is 102 Å². The van der Waals surface area contributed by atoms with Crippen LogP contribution in [0, 0.1) is 11.8 Å². The zero-order valence-corrected chi connectivity index (χ0v) is 38.2. The quantitative estimate of drug-likeness (QED) is 0.0649. The van der Waals surface area contributed by atoms with Gasteiger partial charge >= 0.3 is 77.5 Å². The summed E-state index contributed by atoms with van der Waals surface area (Å²) in [6.07, 6.45) is -10.1. The topological polar surface area (TPSA) is 393 Å². The Morgan fingerprint density at radius 1 is 0.431 bits per heavy atom. The minimum atomic E-state index is -1.82. The predicted octanol–water partition coefficient (Wildman–Crippen LogP) is -16.5. The number of hydrogen-bond acceptors (Lipinski definition) is 20. The molecule has 0 heterocycles. The molecule has 0 aromatic heterocycles. The van der Waals surface area contributed by atoms with Gasteiger partial charge in [-0.3, -0.25) is 0 Å². The Labute approximate surface area is 351 Å². The summed E-state index contributed by atoms with van der Waals surface area (Å²) in [6, 6.07) is -5.33. The second-order valence-electron chi connectivity index (χ2n) is 11.6. The van der Waals surface area contributed by atoms with Gasteiger partial charge in [-0.05, 0) is 43.6 Å². The van der Waals surface area contributed by atoms with Crippen molar-refractivity contribution in [2.45, 2.75) is 99.3 Å². The second kappa shape index (κ2) is 29.3. The third-order valence-electron chi connectivity index (χ3n) is 8.28. The number of aliphatic carboxylic acids is 4. The zero-order valence-electron chi connectivity index (χ0n) is 27.4. The van der Waals surface area contributed by atoms with Crippen LogP contribution in [0.1, 0.15) is 38.5 Å².